The molecule has 3 amide bonds. The summed E-state index contributed by atoms with van der Waals surface area (Å²) in [5, 5.41) is 24.3. The van der Waals surface area contributed by atoms with E-state index in [0.29, 0.717) is 37.8 Å². The maximum absolute atomic E-state index is 13.8. The van der Waals surface area contributed by atoms with E-state index in [1.165, 1.54) is 4.90 Å². The number of fused-ring (bicyclic) bond motifs is 1. The number of nitrogens with zero attached hydrogens (tertiary/aromatic N) is 1. The number of aliphatic hydroxyl groups excluding tert-OH is 1. The number of anilines is 1. The first-order chi connectivity index (χ1) is 19.3. The Kier molecular flexibility index (Phi) is 10.9. The van der Waals surface area contributed by atoms with Gasteiger partial charge in [0.1, 0.15) is 18.2 Å². The highest BCUT2D eigenvalue weighted by molar-refractivity contribution is 6.03. The van der Waals surface area contributed by atoms with Crippen LogP contribution in [0.5, 0.6) is 0 Å². The van der Waals surface area contributed by atoms with Crippen LogP contribution in [0.1, 0.15) is 77.7 Å². The maximum Gasteiger partial charge on any atom is 0.326 e. The lowest BCUT2D eigenvalue weighted by Gasteiger charge is -2.33. The summed E-state index contributed by atoms with van der Waals surface area (Å²) in [5.74, 6) is -4.09. The second-order valence-corrected chi connectivity index (χ2v) is 12.1. The van der Waals surface area contributed by atoms with Crippen LogP contribution in [-0.2, 0) is 35.1 Å². The molecule has 0 bridgehead atoms. The lowest BCUT2D eigenvalue weighted by atomic mass is 9.75. The summed E-state index contributed by atoms with van der Waals surface area (Å²) in [7, 11) is 0. The summed E-state index contributed by atoms with van der Waals surface area (Å²) in [5.41, 5.74) is -0.294. The number of carboxylic acids is 1. The van der Waals surface area contributed by atoms with E-state index in [-0.39, 0.29) is 32.5 Å². The molecule has 1 aromatic carbocycles. The van der Waals surface area contributed by atoms with Crippen molar-refractivity contribution in [3.63, 3.8) is 0 Å². The standard InChI is InChI=1S/C30H43N3O8/c1-29(2,3)41-25(36)19-33-23-10-5-4-9-20(23)11-12-22(26(33)37)32-28(40)30(13-6-7-14-30)18-21(27(38)39)17-24(35)31-15-8-16-34/h4-5,9-10,21-22,34H,6-8,11-19H2,1-3H3,(H,31,35)(H,32,40)(H,38,39)/t21?,22-/m0/s1. The van der Waals surface area contributed by atoms with Crippen LogP contribution in [0.4, 0.5) is 5.69 Å². The highest BCUT2D eigenvalue weighted by Gasteiger charge is 2.46. The summed E-state index contributed by atoms with van der Waals surface area (Å²) < 4.78 is 5.47. The fourth-order valence-electron chi connectivity index (χ4n) is 5.72. The number of aliphatic carboxylic acids is 1. The number of hydrogen-bond donors (Lipinski definition) is 4. The molecule has 1 saturated carbocycles. The molecule has 0 spiro atoms. The van der Waals surface area contributed by atoms with E-state index in [1.807, 2.05) is 12.1 Å². The Morgan fingerprint density at radius 1 is 1.15 bits per heavy atom. The van der Waals surface area contributed by atoms with Gasteiger partial charge in [-0.15, -0.1) is 0 Å². The van der Waals surface area contributed by atoms with Crippen LogP contribution >= 0.6 is 0 Å². The molecule has 0 radical (unpaired) electrons. The Morgan fingerprint density at radius 3 is 2.46 bits per heavy atom. The van der Waals surface area contributed by atoms with Crippen molar-refractivity contribution in [2.75, 3.05) is 24.6 Å². The van der Waals surface area contributed by atoms with Crippen molar-refractivity contribution in [2.45, 2.75) is 90.2 Å². The monoisotopic (exact) mass is 573 g/mol. The number of aryl methyl sites for hydroxylation is 1. The van der Waals surface area contributed by atoms with Gasteiger partial charge in [-0.3, -0.25) is 28.9 Å². The molecule has 11 heteroatoms. The number of hydrogen-bond acceptors (Lipinski definition) is 7. The van der Waals surface area contributed by atoms with Crippen LogP contribution in [0, 0.1) is 11.3 Å². The van der Waals surface area contributed by atoms with Crippen LogP contribution in [0.25, 0.3) is 0 Å². The van der Waals surface area contributed by atoms with E-state index in [4.69, 9.17) is 9.84 Å². The Balaban J connectivity index is 1.79. The number of ether oxygens (including phenoxy) is 1. The zero-order chi connectivity index (χ0) is 30.2. The average Bonchev–Trinajstić information content (AvgIpc) is 3.33. The van der Waals surface area contributed by atoms with Crippen molar-refractivity contribution >= 4 is 35.3 Å². The van der Waals surface area contributed by atoms with Gasteiger partial charge in [0.2, 0.25) is 17.7 Å². The molecule has 1 aliphatic carbocycles. The van der Waals surface area contributed by atoms with Crippen LogP contribution in [0.15, 0.2) is 24.3 Å². The Hall–Kier alpha value is -3.47. The fraction of sp³-hybridized carbons (Fsp3) is 0.633. The number of aliphatic hydroxyl groups is 1. The average molecular weight is 574 g/mol. The second-order valence-electron chi connectivity index (χ2n) is 12.1. The van der Waals surface area contributed by atoms with Crippen molar-refractivity contribution in [1.29, 1.82) is 0 Å². The maximum atomic E-state index is 13.8. The van der Waals surface area contributed by atoms with Gasteiger partial charge in [-0.25, -0.2) is 0 Å². The SMILES string of the molecule is CC(C)(C)OC(=O)CN1C(=O)[C@@H](NC(=O)C2(CC(CC(=O)NCCCO)C(=O)O)CCCC2)CCc2ccccc21. The molecule has 1 aliphatic heterocycles. The van der Waals surface area contributed by atoms with Crippen molar-refractivity contribution < 1.29 is 38.9 Å². The number of nitrogens with one attached hydrogen (secondary N) is 2. The second kappa shape index (κ2) is 13.9. The minimum atomic E-state index is -1.16. The molecule has 41 heavy (non-hydrogen) atoms. The van der Waals surface area contributed by atoms with E-state index in [2.05, 4.69) is 10.6 Å². The zero-order valence-corrected chi connectivity index (χ0v) is 24.2. The van der Waals surface area contributed by atoms with Crippen molar-refractivity contribution in [1.82, 2.24) is 10.6 Å². The lowest BCUT2D eigenvalue weighted by Crippen LogP contribution is -2.53. The molecular weight excluding hydrogens is 530 g/mol. The number of benzene rings is 1. The predicted octanol–water partition coefficient (Wildman–Crippen LogP) is 2.33. The Bertz CT molecular complexity index is 1120. The van der Waals surface area contributed by atoms with Gasteiger partial charge in [0.05, 0.1) is 11.3 Å². The van der Waals surface area contributed by atoms with Gasteiger partial charge in [-0.1, -0.05) is 31.0 Å². The third-order valence-corrected chi connectivity index (χ3v) is 7.68. The molecule has 1 aromatic rings. The van der Waals surface area contributed by atoms with Crippen LogP contribution < -0.4 is 15.5 Å². The summed E-state index contributed by atoms with van der Waals surface area (Å²) >= 11 is 0. The first-order valence-corrected chi connectivity index (χ1v) is 14.4. The zero-order valence-electron chi connectivity index (χ0n) is 24.2. The minimum absolute atomic E-state index is 0.0235. The van der Waals surface area contributed by atoms with Gasteiger partial charge < -0.3 is 25.6 Å². The molecule has 2 aliphatic rings. The van der Waals surface area contributed by atoms with E-state index in [0.717, 1.165) is 18.4 Å². The van der Waals surface area contributed by atoms with Crippen LogP contribution in [0.3, 0.4) is 0 Å². The first kappa shape index (κ1) is 32.0. The van der Waals surface area contributed by atoms with Gasteiger partial charge >= 0.3 is 11.9 Å². The number of rotatable bonds is 12. The predicted molar refractivity (Wildman–Crippen MR) is 151 cm³/mol. The molecule has 3 rings (SSSR count). The number of carboxylic acid groups (broad SMARTS) is 1. The van der Waals surface area contributed by atoms with Crippen molar-refractivity contribution in [3.05, 3.63) is 29.8 Å². The molecular formula is C30H43N3O8. The van der Waals surface area contributed by atoms with Gasteiger partial charge in [0.15, 0.2) is 0 Å². The molecule has 1 fully saturated rings. The molecule has 0 saturated heterocycles. The molecule has 0 aromatic heterocycles. The number of esters is 1. The Morgan fingerprint density at radius 2 is 1.83 bits per heavy atom. The van der Waals surface area contributed by atoms with E-state index in [9.17, 15) is 29.1 Å². The fourth-order valence-corrected chi connectivity index (χ4v) is 5.72. The highest BCUT2D eigenvalue weighted by atomic mass is 16.6. The molecule has 4 N–H and O–H groups in total. The lowest BCUT2D eigenvalue weighted by molar-refractivity contribution is -0.153. The molecule has 2 atom stereocenters. The number of para-hydroxylation sites is 1. The van der Waals surface area contributed by atoms with Gasteiger partial charge in [0.25, 0.3) is 0 Å². The van der Waals surface area contributed by atoms with E-state index >= 15 is 0 Å². The molecule has 11 nitrogen and oxygen atoms in total. The topological polar surface area (TPSA) is 162 Å². The third-order valence-electron chi connectivity index (χ3n) is 7.68. The summed E-state index contributed by atoms with van der Waals surface area (Å²) in [6.45, 7) is 5.07. The van der Waals surface area contributed by atoms with Crippen molar-refractivity contribution in [2.24, 2.45) is 11.3 Å². The number of amides is 3. The van der Waals surface area contributed by atoms with Crippen LogP contribution in [0.2, 0.25) is 0 Å². The molecule has 1 heterocycles. The third kappa shape index (κ3) is 8.76. The van der Waals surface area contributed by atoms with Crippen molar-refractivity contribution in [3.8, 4) is 0 Å². The summed E-state index contributed by atoms with van der Waals surface area (Å²) in [4.78, 5) is 66.2. The quantitative estimate of drug-likeness (QED) is 0.219. The normalized spacial score (nSPS) is 19.1. The first-order valence-electron chi connectivity index (χ1n) is 14.4. The Labute approximate surface area is 241 Å². The largest absolute Gasteiger partial charge is 0.481 e. The smallest absolute Gasteiger partial charge is 0.326 e. The molecule has 1 unspecified atom stereocenters. The van der Waals surface area contributed by atoms with Crippen LogP contribution in [-0.4, -0.2) is 71.2 Å². The van der Waals surface area contributed by atoms with Gasteiger partial charge in [-0.2, -0.15) is 0 Å². The van der Waals surface area contributed by atoms with E-state index < -0.39 is 52.6 Å². The van der Waals surface area contributed by atoms with E-state index in [1.54, 1.807) is 32.9 Å². The number of carbonyl (C=O) groups excluding carboxylic acids is 4. The summed E-state index contributed by atoms with van der Waals surface area (Å²) in [6, 6.07) is 6.37. The highest BCUT2D eigenvalue weighted by Crippen LogP contribution is 2.44. The molecule has 226 valence electrons. The number of carbonyl (C=O) groups is 5. The minimum Gasteiger partial charge on any atom is -0.481 e. The van der Waals surface area contributed by atoms with Gasteiger partial charge in [0, 0.05) is 25.3 Å². The van der Waals surface area contributed by atoms with Gasteiger partial charge in [-0.05, 0) is 70.9 Å². The summed E-state index contributed by atoms with van der Waals surface area (Å²) in [6.07, 6.45) is 3.25.